The predicted molar refractivity (Wildman–Crippen MR) is 45.3 cm³/mol. The lowest BCUT2D eigenvalue weighted by atomic mass is 10.1. The maximum atomic E-state index is 8.65. The van der Waals surface area contributed by atoms with Crippen LogP contribution in [0.5, 0.6) is 0 Å². The van der Waals surface area contributed by atoms with Crippen LogP contribution < -0.4 is 5.73 Å². The molecule has 0 aliphatic rings. The molecule has 0 rings (SSSR count). The SMILES string of the molecule is CC(CO)COCC(C)(C)N. The molecule has 0 radical (unpaired) electrons. The van der Waals surface area contributed by atoms with Gasteiger partial charge in [-0.3, -0.25) is 0 Å². The molecule has 3 N–H and O–H groups in total. The first-order chi connectivity index (χ1) is 4.95. The highest BCUT2D eigenvalue weighted by Gasteiger charge is 2.10. The van der Waals surface area contributed by atoms with Crippen LogP contribution in [0.4, 0.5) is 0 Å². The minimum absolute atomic E-state index is 0.172. The molecule has 0 aliphatic heterocycles. The average Bonchev–Trinajstić information content (AvgIpc) is 1.85. The fourth-order valence-corrected chi connectivity index (χ4v) is 0.576. The van der Waals surface area contributed by atoms with Crippen LogP contribution >= 0.6 is 0 Å². The molecule has 0 saturated heterocycles. The van der Waals surface area contributed by atoms with Crippen LogP contribution in [0.3, 0.4) is 0 Å². The fourth-order valence-electron chi connectivity index (χ4n) is 0.576. The first-order valence-corrected chi connectivity index (χ1v) is 3.93. The van der Waals surface area contributed by atoms with E-state index >= 15 is 0 Å². The van der Waals surface area contributed by atoms with Crippen LogP contribution in [0.2, 0.25) is 0 Å². The molecule has 0 spiro atoms. The van der Waals surface area contributed by atoms with Gasteiger partial charge in [0, 0.05) is 18.1 Å². The number of ether oxygens (including phenoxy) is 1. The Kier molecular flexibility index (Phi) is 4.65. The third-order valence-corrected chi connectivity index (χ3v) is 1.19. The number of hydrogen-bond acceptors (Lipinski definition) is 3. The first-order valence-electron chi connectivity index (χ1n) is 3.93. The molecule has 1 atom stereocenters. The number of nitrogens with two attached hydrogens (primary N) is 1. The van der Waals surface area contributed by atoms with Crippen LogP contribution in [0.1, 0.15) is 20.8 Å². The molecular weight excluding hydrogens is 142 g/mol. The normalized spacial score (nSPS) is 15.0. The van der Waals surface area contributed by atoms with Gasteiger partial charge < -0.3 is 15.6 Å². The smallest absolute Gasteiger partial charge is 0.0640 e. The Morgan fingerprint density at radius 2 is 2.09 bits per heavy atom. The highest BCUT2D eigenvalue weighted by atomic mass is 16.5. The standard InChI is InChI=1S/C8H19NO2/c1-7(4-10)5-11-6-8(2,3)9/h7,10H,4-6,9H2,1-3H3. The molecule has 0 aromatic carbocycles. The van der Waals surface area contributed by atoms with E-state index in [2.05, 4.69) is 0 Å². The fraction of sp³-hybridized carbons (Fsp3) is 1.00. The Morgan fingerprint density at radius 1 is 1.55 bits per heavy atom. The van der Waals surface area contributed by atoms with E-state index < -0.39 is 0 Å². The van der Waals surface area contributed by atoms with E-state index in [1.54, 1.807) is 0 Å². The van der Waals surface area contributed by atoms with E-state index in [1.165, 1.54) is 0 Å². The van der Waals surface area contributed by atoms with Crippen LogP contribution in [-0.4, -0.2) is 30.5 Å². The number of aliphatic hydroxyl groups excluding tert-OH is 1. The predicted octanol–water partition coefficient (Wildman–Crippen LogP) is 0.369. The number of rotatable bonds is 5. The van der Waals surface area contributed by atoms with Gasteiger partial charge in [0.1, 0.15) is 0 Å². The molecule has 3 nitrogen and oxygen atoms in total. The monoisotopic (exact) mass is 161 g/mol. The van der Waals surface area contributed by atoms with E-state index in [0.29, 0.717) is 13.2 Å². The quantitative estimate of drug-likeness (QED) is 0.612. The Bertz CT molecular complexity index is 98.8. The van der Waals surface area contributed by atoms with Gasteiger partial charge in [-0.2, -0.15) is 0 Å². The van der Waals surface area contributed by atoms with Gasteiger partial charge in [-0.25, -0.2) is 0 Å². The summed E-state index contributed by atoms with van der Waals surface area (Å²) in [6.45, 7) is 7.05. The molecule has 0 heterocycles. The lowest BCUT2D eigenvalue weighted by molar-refractivity contribution is 0.0560. The van der Waals surface area contributed by atoms with E-state index in [9.17, 15) is 0 Å². The second-order valence-electron chi connectivity index (χ2n) is 3.79. The van der Waals surface area contributed by atoms with Crippen molar-refractivity contribution in [3.8, 4) is 0 Å². The van der Waals surface area contributed by atoms with E-state index in [1.807, 2.05) is 20.8 Å². The van der Waals surface area contributed by atoms with Gasteiger partial charge in [0.2, 0.25) is 0 Å². The topological polar surface area (TPSA) is 55.5 Å². The molecule has 3 heteroatoms. The van der Waals surface area contributed by atoms with Gasteiger partial charge in [-0.1, -0.05) is 6.92 Å². The molecule has 0 amide bonds. The van der Waals surface area contributed by atoms with E-state index in [4.69, 9.17) is 15.6 Å². The van der Waals surface area contributed by atoms with Crippen molar-refractivity contribution in [3.05, 3.63) is 0 Å². The van der Waals surface area contributed by atoms with Crippen LogP contribution in [-0.2, 0) is 4.74 Å². The highest BCUT2D eigenvalue weighted by Crippen LogP contribution is 2.00. The first kappa shape index (κ1) is 10.9. The minimum Gasteiger partial charge on any atom is -0.396 e. The summed E-state index contributed by atoms with van der Waals surface area (Å²) in [5, 5.41) is 8.65. The molecule has 0 saturated carbocycles. The molecule has 1 unspecified atom stereocenters. The Hall–Kier alpha value is -0.120. The Balaban J connectivity index is 3.28. The van der Waals surface area contributed by atoms with Crippen molar-refractivity contribution in [1.82, 2.24) is 0 Å². The molecule has 0 aliphatic carbocycles. The third kappa shape index (κ3) is 7.78. The van der Waals surface area contributed by atoms with Crippen molar-refractivity contribution in [3.63, 3.8) is 0 Å². The van der Waals surface area contributed by atoms with Crippen LogP contribution in [0.15, 0.2) is 0 Å². The van der Waals surface area contributed by atoms with Crippen LogP contribution in [0, 0.1) is 5.92 Å². The maximum Gasteiger partial charge on any atom is 0.0640 e. The van der Waals surface area contributed by atoms with Gasteiger partial charge >= 0.3 is 0 Å². The summed E-state index contributed by atoms with van der Waals surface area (Å²) in [7, 11) is 0. The summed E-state index contributed by atoms with van der Waals surface area (Å²) in [6.07, 6.45) is 0. The zero-order valence-electron chi connectivity index (χ0n) is 7.63. The molecular formula is C8H19NO2. The summed E-state index contributed by atoms with van der Waals surface area (Å²) < 4.78 is 5.27. The number of hydrogen-bond donors (Lipinski definition) is 2. The lowest BCUT2D eigenvalue weighted by Crippen LogP contribution is -2.38. The lowest BCUT2D eigenvalue weighted by Gasteiger charge is -2.19. The summed E-state index contributed by atoms with van der Waals surface area (Å²) in [5.74, 6) is 0.206. The summed E-state index contributed by atoms with van der Waals surface area (Å²) in [4.78, 5) is 0. The van der Waals surface area contributed by atoms with E-state index in [0.717, 1.165) is 0 Å². The van der Waals surface area contributed by atoms with Gasteiger partial charge in [0.25, 0.3) is 0 Å². The Labute approximate surface area is 68.5 Å². The highest BCUT2D eigenvalue weighted by molar-refractivity contribution is 4.70. The average molecular weight is 161 g/mol. The summed E-state index contributed by atoms with van der Waals surface area (Å²) in [6, 6.07) is 0. The third-order valence-electron chi connectivity index (χ3n) is 1.19. The van der Waals surface area contributed by atoms with Crippen molar-refractivity contribution < 1.29 is 9.84 Å². The van der Waals surface area contributed by atoms with Gasteiger partial charge in [-0.05, 0) is 13.8 Å². The molecule has 11 heavy (non-hydrogen) atoms. The molecule has 0 fully saturated rings. The maximum absolute atomic E-state index is 8.65. The molecule has 0 aromatic rings. The zero-order valence-corrected chi connectivity index (χ0v) is 7.63. The Morgan fingerprint density at radius 3 is 2.45 bits per heavy atom. The summed E-state index contributed by atoms with van der Waals surface area (Å²) in [5.41, 5.74) is 5.41. The van der Waals surface area contributed by atoms with Crippen molar-refractivity contribution in [2.45, 2.75) is 26.3 Å². The van der Waals surface area contributed by atoms with Crippen molar-refractivity contribution in [2.75, 3.05) is 19.8 Å². The van der Waals surface area contributed by atoms with Gasteiger partial charge in [0.05, 0.1) is 13.2 Å². The summed E-state index contributed by atoms with van der Waals surface area (Å²) >= 11 is 0. The second-order valence-corrected chi connectivity index (χ2v) is 3.79. The minimum atomic E-state index is -0.269. The molecule has 0 bridgehead atoms. The second kappa shape index (κ2) is 4.70. The largest absolute Gasteiger partial charge is 0.396 e. The van der Waals surface area contributed by atoms with E-state index in [-0.39, 0.29) is 18.1 Å². The zero-order chi connectivity index (χ0) is 8.91. The van der Waals surface area contributed by atoms with Gasteiger partial charge in [-0.15, -0.1) is 0 Å². The number of aliphatic hydroxyl groups is 1. The molecule has 68 valence electrons. The van der Waals surface area contributed by atoms with Crippen molar-refractivity contribution in [2.24, 2.45) is 11.7 Å². The molecule has 0 aromatic heterocycles. The van der Waals surface area contributed by atoms with Gasteiger partial charge in [0.15, 0.2) is 0 Å². The van der Waals surface area contributed by atoms with Crippen molar-refractivity contribution in [1.29, 1.82) is 0 Å². The van der Waals surface area contributed by atoms with Crippen molar-refractivity contribution >= 4 is 0 Å². The van der Waals surface area contributed by atoms with Crippen LogP contribution in [0.25, 0.3) is 0 Å².